The summed E-state index contributed by atoms with van der Waals surface area (Å²) in [6, 6.07) is 6.97. The van der Waals surface area contributed by atoms with E-state index in [4.69, 9.17) is 0 Å². The first-order valence-corrected chi connectivity index (χ1v) is 8.43. The van der Waals surface area contributed by atoms with Gasteiger partial charge in [-0.2, -0.15) is 0 Å². The minimum Gasteiger partial charge on any atom is -0.394 e. The maximum Gasteiger partial charge on any atom is 0.254 e. The summed E-state index contributed by atoms with van der Waals surface area (Å²) in [5, 5.41) is 12.5. The summed E-state index contributed by atoms with van der Waals surface area (Å²) in [4.78, 5) is 26.4. The molecule has 0 radical (unpaired) electrons. The predicted molar refractivity (Wildman–Crippen MR) is 88.1 cm³/mol. The highest BCUT2D eigenvalue weighted by atomic mass is 16.3. The molecule has 2 amide bonds. The third kappa shape index (κ3) is 3.55. The number of carbonyl (C=O) groups excluding carboxylic acids is 2. The van der Waals surface area contributed by atoms with Gasteiger partial charge >= 0.3 is 0 Å². The summed E-state index contributed by atoms with van der Waals surface area (Å²) in [6.45, 7) is 2.74. The second kappa shape index (κ2) is 6.71. The molecule has 1 aliphatic carbocycles. The summed E-state index contributed by atoms with van der Waals surface area (Å²) in [5.74, 6) is 0.402. The standard InChI is InChI=1S/C18H24N2O3/c1-12-4-3-9-20(16(12)11-21)18(23)14-5-2-6-15(10-14)19-17(22)13-7-8-13/h2,5-6,10,12-13,16,21H,3-4,7-9,11H2,1H3,(H,19,22). The van der Waals surface area contributed by atoms with Crippen molar-refractivity contribution in [2.24, 2.45) is 11.8 Å². The van der Waals surface area contributed by atoms with Crippen LogP contribution in [0.3, 0.4) is 0 Å². The fraction of sp³-hybridized carbons (Fsp3) is 0.556. The van der Waals surface area contributed by atoms with Gasteiger partial charge in [-0.3, -0.25) is 9.59 Å². The largest absolute Gasteiger partial charge is 0.394 e. The minimum atomic E-state index is -0.124. The van der Waals surface area contributed by atoms with Crippen molar-refractivity contribution in [2.45, 2.75) is 38.6 Å². The normalized spacial score (nSPS) is 24.3. The first kappa shape index (κ1) is 16.0. The van der Waals surface area contributed by atoms with Crippen LogP contribution in [-0.4, -0.2) is 41.0 Å². The molecule has 124 valence electrons. The predicted octanol–water partition coefficient (Wildman–Crippen LogP) is 2.27. The molecule has 5 heteroatoms. The highest BCUT2D eigenvalue weighted by Gasteiger charge is 2.32. The Morgan fingerprint density at radius 2 is 2.09 bits per heavy atom. The van der Waals surface area contributed by atoms with Crippen molar-refractivity contribution in [1.82, 2.24) is 4.90 Å². The Morgan fingerprint density at radius 1 is 1.30 bits per heavy atom. The average molecular weight is 316 g/mol. The lowest BCUT2D eigenvalue weighted by molar-refractivity contribution is -0.117. The van der Waals surface area contributed by atoms with Crippen LogP contribution in [0.1, 0.15) is 43.0 Å². The van der Waals surface area contributed by atoms with E-state index in [0.717, 1.165) is 25.7 Å². The van der Waals surface area contributed by atoms with Gasteiger partial charge < -0.3 is 15.3 Å². The first-order valence-electron chi connectivity index (χ1n) is 8.43. The highest BCUT2D eigenvalue weighted by molar-refractivity contribution is 5.98. The van der Waals surface area contributed by atoms with E-state index in [-0.39, 0.29) is 30.4 Å². The van der Waals surface area contributed by atoms with Gasteiger partial charge in [-0.25, -0.2) is 0 Å². The second-order valence-corrected chi connectivity index (χ2v) is 6.71. The Hall–Kier alpha value is -1.88. The lowest BCUT2D eigenvalue weighted by Crippen LogP contribution is -2.49. The molecule has 2 unspecified atom stereocenters. The lowest BCUT2D eigenvalue weighted by atomic mass is 9.90. The number of nitrogens with zero attached hydrogens (tertiary/aromatic N) is 1. The molecule has 1 saturated carbocycles. The van der Waals surface area contributed by atoms with Crippen LogP contribution in [0.15, 0.2) is 24.3 Å². The van der Waals surface area contributed by atoms with Gasteiger partial charge in [0.2, 0.25) is 5.91 Å². The first-order chi connectivity index (χ1) is 11.1. The van der Waals surface area contributed by atoms with Gasteiger partial charge in [0.1, 0.15) is 0 Å². The van der Waals surface area contributed by atoms with E-state index in [9.17, 15) is 14.7 Å². The lowest BCUT2D eigenvalue weighted by Gasteiger charge is -2.39. The van der Waals surface area contributed by atoms with E-state index in [2.05, 4.69) is 12.2 Å². The number of hydrogen-bond donors (Lipinski definition) is 2. The number of benzene rings is 1. The van der Waals surface area contributed by atoms with Crippen LogP contribution in [0.2, 0.25) is 0 Å². The quantitative estimate of drug-likeness (QED) is 0.895. The van der Waals surface area contributed by atoms with Crippen LogP contribution < -0.4 is 5.32 Å². The molecule has 1 saturated heterocycles. The maximum atomic E-state index is 12.8. The second-order valence-electron chi connectivity index (χ2n) is 6.71. The van der Waals surface area contributed by atoms with E-state index in [1.54, 1.807) is 29.2 Å². The number of hydrogen-bond acceptors (Lipinski definition) is 3. The number of rotatable bonds is 4. The number of nitrogens with one attached hydrogen (secondary N) is 1. The molecule has 0 aromatic heterocycles. The molecule has 2 N–H and O–H groups in total. The summed E-state index contributed by atoms with van der Waals surface area (Å²) >= 11 is 0. The van der Waals surface area contributed by atoms with Gasteiger partial charge in [-0.05, 0) is 49.8 Å². The third-order valence-corrected chi connectivity index (χ3v) is 4.89. The summed E-state index contributed by atoms with van der Waals surface area (Å²) in [7, 11) is 0. The van der Waals surface area contributed by atoms with E-state index in [1.165, 1.54) is 0 Å². The SMILES string of the molecule is CC1CCCN(C(=O)c2cccc(NC(=O)C3CC3)c2)C1CO. The number of likely N-dealkylation sites (tertiary alicyclic amines) is 1. The van der Waals surface area contributed by atoms with Gasteiger partial charge in [0.15, 0.2) is 0 Å². The molecule has 1 heterocycles. The molecule has 1 aliphatic heterocycles. The molecule has 0 spiro atoms. The van der Waals surface area contributed by atoms with Crippen molar-refractivity contribution in [3.05, 3.63) is 29.8 Å². The summed E-state index contributed by atoms with van der Waals surface area (Å²) in [6.07, 6.45) is 3.90. The van der Waals surface area contributed by atoms with Crippen molar-refractivity contribution >= 4 is 17.5 Å². The van der Waals surface area contributed by atoms with Gasteiger partial charge in [0.05, 0.1) is 12.6 Å². The monoisotopic (exact) mass is 316 g/mol. The van der Waals surface area contributed by atoms with Crippen LogP contribution in [0.5, 0.6) is 0 Å². The van der Waals surface area contributed by atoms with Gasteiger partial charge in [0.25, 0.3) is 5.91 Å². The van der Waals surface area contributed by atoms with E-state index in [0.29, 0.717) is 23.7 Å². The Bertz CT molecular complexity index is 598. The molecule has 2 fully saturated rings. The molecule has 23 heavy (non-hydrogen) atoms. The van der Waals surface area contributed by atoms with E-state index < -0.39 is 0 Å². The number of aliphatic hydroxyl groups excluding tert-OH is 1. The fourth-order valence-electron chi connectivity index (χ4n) is 3.27. The van der Waals surface area contributed by atoms with Crippen LogP contribution in [0.4, 0.5) is 5.69 Å². The van der Waals surface area contributed by atoms with Crippen LogP contribution in [-0.2, 0) is 4.79 Å². The number of piperidine rings is 1. The van der Waals surface area contributed by atoms with Gasteiger partial charge in [-0.1, -0.05) is 13.0 Å². The van der Waals surface area contributed by atoms with E-state index >= 15 is 0 Å². The zero-order valence-corrected chi connectivity index (χ0v) is 13.5. The van der Waals surface area contributed by atoms with Crippen molar-refractivity contribution in [3.63, 3.8) is 0 Å². The molecule has 5 nitrogen and oxygen atoms in total. The van der Waals surface area contributed by atoms with Crippen LogP contribution in [0, 0.1) is 11.8 Å². The zero-order valence-electron chi connectivity index (χ0n) is 13.5. The number of aliphatic hydroxyl groups is 1. The molecule has 3 rings (SSSR count). The topological polar surface area (TPSA) is 69.6 Å². The molecule has 2 atom stereocenters. The molecule has 1 aromatic carbocycles. The van der Waals surface area contributed by atoms with E-state index in [1.807, 2.05) is 0 Å². The van der Waals surface area contributed by atoms with Gasteiger partial charge in [-0.15, -0.1) is 0 Å². The zero-order chi connectivity index (χ0) is 16.4. The average Bonchev–Trinajstić information content (AvgIpc) is 3.39. The van der Waals surface area contributed by atoms with Crippen LogP contribution in [0.25, 0.3) is 0 Å². The number of anilines is 1. The summed E-state index contributed by atoms with van der Waals surface area (Å²) < 4.78 is 0. The molecule has 0 bridgehead atoms. The van der Waals surface area contributed by atoms with Crippen molar-refractivity contribution in [3.8, 4) is 0 Å². The van der Waals surface area contributed by atoms with Crippen molar-refractivity contribution in [2.75, 3.05) is 18.5 Å². The molecule has 2 aliphatic rings. The molecule has 1 aromatic rings. The smallest absolute Gasteiger partial charge is 0.254 e. The minimum absolute atomic E-state index is 0.00892. The Kier molecular flexibility index (Phi) is 4.66. The number of amides is 2. The summed E-state index contributed by atoms with van der Waals surface area (Å²) in [5.41, 5.74) is 1.23. The van der Waals surface area contributed by atoms with Crippen LogP contribution >= 0.6 is 0 Å². The third-order valence-electron chi connectivity index (χ3n) is 4.89. The Morgan fingerprint density at radius 3 is 2.78 bits per heavy atom. The Balaban J connectivity index is 1.74. The van der Waals surface area contributed by atoms with Gasteiger partial charge in [0, 0.05) is 23.7 Å². The molecular formula is C18H24N2O3. The molecular weight excluding hydrogens is 292 g/mol. The number of carbonyl (C=O) groups is 2. The fourth-order valence-corrected chi connectivity index (χ4v) is 3.27. The highest BCUT2D eigenvalue weighted by Crippen LogP contribution is 2.30. The Labute approximate surface area is 136 Å². The van der Waals surface area contributed by atoms with Crippen molar-refractivity contribution in [1.29, 1.82) is 0 Å². The van der Waals surface area contributed by atoms with Crippen molar-refractivity contribution < 1.29 is 14.7 Å². The maximum absolute atomic E-state index is 12.8.